The first-order chi connectivity index (χ1) is 10.7. The molecule has 1 atom stereocenters. The maximum Gasteiger partial charge on any atom is 0.309 e. The van der Waals surface area contributed by atoms with Gasteiger partial charge in [-0.1, -0.05) is 0 Å². The van der Waals surface area contributed by atoms with Gasteiger partial charge in [0, 0.05) is 12.6 Å². The van der Waals surface area contributed by atoms with Gasteiger partial charge in [0.1, 0.15) is 5.60 Å². The number of likely N-dealkylation sites (tertiary alicyclic amines) is 2. The molecule has 0 unspecified atom stereocenters. The topological polar surface area (TPSA) is 49.9 Å². The van der Waals surface area contributed by atoms with E-state index in [2.05, 4.69) is 18.7 Å². The van der Waals surface area contributed by atoms with Crippen LogP contribution in [0, 0.1) is 5.92 Å². The minimum Gasteiger partial charge on any atom is -0.460 e. The van der Waals surface area contributed by atoms with Crippen LogP contribution >= 0.6 is 0 Å². The van der Waals surface area contributed by atoms with E-state index in [1.807, 2.05) is 25.7 Å². The summed E-state index contributed by atoms with van der Waals surface area (Å²) in [7, 11) is 0. The van der Waals surface area contributed by atoms with E-state index >= 15 is 0 Å². The largest absolute Gasteiger partial charge is 0.460 e. The lowest BCUT2D eigenvalue weighted by atomic mass is 9.93. The van der Waals surface area contributed by atoms with Gasteiger partial charge in [-0.15, -0.1) is 0 Å². The van der Waals surface area contributed by atoms with E-state index in [1.165, 1.54) is 0 Å². The summed E-state index contributed by atoms with van der Waals surface area (Å²) in [4.78, 5) is 29.1. The Kier molecular flexibility index (Phi) is 5.71. The number of hydrogen-bond donors (Lipinski definition) is 0. The molecule has 0 spiro atoms. The fourth-order valence-corrected chi connectivity index (χ4v) is 3.56. The number of piperidine rings is 2. The van der Waals surface area contributed by atoms with Crippen molar-refractivity contribution in [1.29, 1.82) is 0 Å². The van der Waals surface area contributed by atoms with Crippen LogP contribution in [0.2, 0.25) is 0 Å². The molecule has 2 aliphatic heterocycles. The minimum atomic E-state index is -0.425. The lowest BCUT2D eigenvalue weighted by Gasteiger charge is -2.42. The van der Waals surface area contributed by atoms with Crippen LogP contribution in [0.25, 0.3) is 0 Å². The molecule has 5 nitrogen and oxygen atoms in total. The zero-order chi connectivity index (χ0) is 17.2. The quantitative estimate of drug-likeness (QED) is 0.748. The highest BCUT2D eigenvalue weighted by atomic mass is 16.6. The van der Waals surface area contributed by atoms with Crippen molar-refractivity contribution >= 4 is 11.9 Å². The van der Waals surface area contributed by atoms with Crippen molar-refractivity contribution in [2.75, 3.05) is 19.6 Å². The molecule has 2 rings (SSSR count). The van der Waals surface area contributed by atoms with Crippen molar-refractivity contribution in [3.8, 4) is 0 Å². The molecule has 2 saturated heterocycles. The number of rotatable bonds is 3. The molecule has 132 valence electrons. The van der Waals surface area contributed by atoms with Gasteiger partial charge in [0.25, 0.3) is 0 Å². The number of esters is 1. The molecule has 0 aliphatic carbocycles. The Balaban J connectivity index is 1.89. The van der Waals surface area contributed by atoms with Gasteiger partial charge in [-0.2, -0.15) is 0 Å². The predicted octanol–water partition coefficient (Wildman–Crippen LogP) is 2.44. The molecule has 0 aromatic carbocycles. The molecule has 0 bridgehead atoms. The average molecular weight is 324 g/mol. The SMILES string of the molecule is CC(C)N1CCC[C@@H](N2CCC(C(=O)OC(C)(C)C)CC2)C1=O. The fourth-order valence-electron chi connectivity index (χ4n) is 3.56. The van der Waals surface area contributed by atoms with Gasteiger partial charge in [-0.25, -0.2) is 0 Å². The highest BCUT2D eigenvalue weighted by Crippen LogP contribution is 2.26. The summed E-state index contributed by atoms with van der Waals surface area (Å²) in [6.07, 6.45) is 3.60. The zero-order valence-electron chi connectivity index (χ0n) is 15.3. The number of amides is 1. The molecule has 0 radical (unpaired) electrons. The summed E-state index contributed by atoms with van der Waals surface area (Å²) >= 11 is 0. The van der Waals surface area contributed by atoms with E-state index in [-0.39, 0.29) is 29.9 Å². The molecule has 0 aromatic rings. The van der Waals surface area contributed by atoms with Gasteiger partial charge >= 0.3 is 5.97 Å². The van der Waals surface area contributed by atoms with Crippen LogP contribution in [-0.2, 0) is 14.3 Å². The summed E-state index contributed by atoms with van der Waals surface area (Å²) in [5.41, 5.74) is -0.425. The monoisotopic (exact) mass is 324 g/mol. The highest BCUT2D eigenvalue weighted by molar-refractivity contribution is 5.83. The first-order valence-corrected chi connectivity index (χ1v) is 8.96. The van der Waals surface area contributed by atoms with Crippen LogP contribution in [0.4, 0.5) is 0 Å². The summed E-state index contributed by atoms with van der Waals surface area (Å²) < 4.78 is 5.49. The van der Waals surface area contributed by atoms with Crippen LogP contribution in [0.5, 0.6) is 0 Å². The Morgan fingerprint density at radius 2 is 1.74 bits per heavy atom. The van der Waals surface area contributed by atoms with E-state index in [0.717, 1.165) is 45.3 Å². The molecule has 23 heavy (non-hydrogen) atoms. The fraction of sp³-hybridized carbons (Fsp3) is 0.889. The second-order valence-corrected chi connectivity index (χ2v) is 8.13. The molecule has 0 saturated carbocycles. The van der Waals surface area contributed by atoms with E-state index in [9.17, 15) is 9.59 Å². The van der Waals surface area contributed by atoms with Crippen molar-refractivity contribution < 1.29 is 14.3 Å². The van der Waals surface area contributed by atoms with Gasteiger partial charge in [0.15, 0.2) is 0 Å². The predicted molar refractivity (Wildman–Crippen MR) is 90.0 cm³/mol. The lowest BCUT2D eigenvalue weighted by Crippen LogP contribution is -2.56. The molecule has 2 aliphatic rings. The third kappa shape index (κ3) is 4.69. The minimum absolute atomic E-state index is 0.00531. The van der Waals surface area contributed by atoms with Crippen LogP contribution in [0.15, 0.2) is 0 Å². The number of nitrogens with zero attached hydrogens (tertiary/aromatic N) is 2. The Labute approximate surface area is 140 Å². The van der Waals surface area contributed by atoms with Crippen molar-refractivity contribution in [2.24, 2.45) is 5.92 Å². The van der Waals surface area contributed by atoms with E-state index in [0.29, 0.717) is 0 Å². The van der Waals surface area contributed by atoms with Crippen molar-refractivity contribution in [3.05, 3.63) is 0 Å². The molecule has 0 aromatic heterocycles. The van der Waals surface area contributed by atoms with Crippen molar-refractivity contribution in [3.63, 3.8) is 0 Å². The summed E-state index contributed by atoms with van der Waals surface area (Å²) in [6, 6.07) is 0.273. The van der Waals surface area contributed by atoms with Crippen LogP contribution < -0.4 is 0 Å². The average Bonchev–Trinajstić information content (AvgIpc) is 2.45. The van der Waals surface area contributed by atoms with Crippen molar-refractivity contribution in [2.45, 2.75) is 78.0 Å². The molecule has 2 heterocycles. The molecule has 5 heteroatoms. The lowest BCUT2D eigenvalue weighted by molar-refractivity contribution is -0.162. The van der Waals surface area contributed by atoms with Crippen LogP contribution in [0.3, 0.4) is 0 Å². The zero-order valence-corrected chi connectivity index (χ0v) is 15.3. The second kappa shape index (κ2) is 7.20. The summed E-state index contributed by atoms with van der Waals surface area (Å²) in [6.45, 7) is 12.4. The standard InChI is InChI=1S/C18H32N2O3/c1-13(2)20-10-6-7-15(16(20)21)19-11-8-14(9-12-19)17(22)23-18(3,4)5/h13-15H,6-12H2,1-5H3/t15-/m1/s1. The maximum absolute atomic E-state index is 12.7. The molecular weight excluding hydrogens is 292 g/mol. The Morgan fingerprint density at radius 3 is 2.26 bits per heavy atom. The van der Waals surface area contributed by atoms with Gasteiger partial charge in [-0.05, 0) is 73.4 Å². The summed E-state index contributed by atoms with van der Waals surface area (Å²) in [5, 5.41) is 0. The molecule has 1 amide bonds. The van der Waals surface area contributed by atoms with E-state index < -0.39 is 5.60 Å². The van der Waals surface area contributed by atoms with Gasteiger partial charge < -0.3 is 9.64 Å². The van der Waals surface area contributed by atoms with Crippen LogP contribution in [-0.4, -0.2) is 59.0 Å². The first-order valence-electron chi connectivity index (χ1n) is 8.96. The van der Waals surface area contributed by atoms with Gasteiger partial charge in [-0.3, -0.25) is 14.5 Å². The van der Waals surface area contributed by atoms with E-state index in [4.69, 9.17) is 4.74 Å². The Morgan fingerprint density at radius 1 is 1.13 bits per heavy atom. The maximum atomic E-state index is 12.7. The smallest absolute Gasteiger partial charge is 0.309 e. The van der Waals surface area contributed by atoms with Gasteiger partial charge in [0.05, 0.1) is 12.0 Å². The number of hydrogen-bond acceptors (Lipinski definition) is 4. The highest BCUT2D eigenvalue weighted by Gasteiger charge is 2.37. The third-order valence-electron chi connectivity index (χ3n) is 4.78. The number of carbonyl (C=O) groups is 2. The Bertz CT molecular complexity index is 434. The third-order valence-corrected chi connectivity index (χ3v) is 4.78. The van der Waals surface area contributed by atoms with Crippen molar-refractivity contribution in [1.82, 2.24) is 9.80 Å². The summed E-state index contributed by atoms with van der Waals surface area (Å²) in [5.74, 6) is 0.156. The normalized spacial score (nSPS) is 25.0. The molecular formula is C18H32N2O3. The Hall–Kier alpha value is -1.10. The van der Waals surface area contributed by atoms with Gasteiger partial charge in [0.2, 0.25) is 5.91 Å². The van der Waals surface area contributed by atoms with E-state index in [1.54, 1.807) is 0 Å². The second-order valence-electron chi connectivity index (χ2n) is 8.13. The first kappa shape index (κ1) is 18.2. The number of ether oxygens (including phenoxy) is 1. The molecule has 2 fully saturated rings. The van der Waals surface area contributed by atoms with Crippen LogP contribution in [0.1, 0.15) is 60.3 Å². The molecule has 0 N–H and O–H groups in total. The number of carbonyl (C=O) groups excluding carboxylic acids is 2.